The van der Waals surface area contributed by atoms with Gasteiger partial charge in [0.05, 0.1) is 18.5 Å². The van der Waals surface area contributed by atoms with E-state index >= 15 is 0 Å². The largest absolute Gasteiger partial charge is 0.494 e. The zero-order chi connectivity index (χ0) is 21.1. The number of nitrogens with zero attached hydrogens (tertiary/aromatic N) is 3. The minimum absolute atomic E-state index is 0.0278. The Morgan fingerprint density at radius 1 is 1.21 bits per heavy atom. The summed E-state index contributed by atoms with van der Waals surface area (Å²) in [6.07, 6.45) is -3.03. The number of alkyl halides is 2. The van der Waals surface area contributed by atoms with Crippen LogP contribution in [-0.2, 0) is 10.9 Å². The number of methoxy groups -OCH3 is 1. The molecular weight excluding hydrogens is 409 g/mol. The highest BCUT2D eigenvalue weighted by molar-refractivity contribution is 7.73. The van der Waals surface area contributed by atoms with Crippen molar-refractivity contribution in [2.24, 2.45) is 0 Å². The Morgan fingerprint density at radius 3 is 2.41 bits per heavy atom. The summed E-state index contributed by atoms with van der Waals surface area (Å²) < 4.78 is 70.7. The van der Waals surface area contributed by atoms with Crippen molar-refractivity contribution in [3.63, 3.8) is 0 Å². The van der Waals surface area contributed by atoms with Crippen molar-refractivity contribution in [2.45, 2.75) is 6.43 Å². The second-order valence-corrected chi connectivity index (χ2v) is 6.44. The third kappa shape index (κ3) is 4.02. The lowest BCUT2D eigenvalue weighted by Crippen LogP contribution is -2.01. The zero-order valence-corrected chi connectivity index (χ0v) is 15.7. The first kappa shape index (κ1) is 20.2. The summed E-state index contributed by atoms with van der Waals surface area (Å²) in [7, 11) is -1.59. The first-order valence-electron chi connectivity index (χ1n) is 8.02. The SMILES string of the molecule is COc1ccc(-c2c(C#N)c(C(F)F)nn2-c2ccc(N[SH](=O)=O)cc2)cc1F. The molecule has 0 amide bonds. The number of benzene rings is 2. The third-order valence-electron chi connectivity index (χ3n) is 3.99. The zero-order valence-electron chi connectivity index (χ0n) is 14.8. The van der Waals surface area contributed by atoms with Crippen LogP contribution in [0.4, 0.5) is 18.9 Å². The van der Waals surface area contributed by atoms with Crippen LogP contribution in [0.3, 0.4) is 0 Å². The van der Waals surface area contributed by atoms with Crippen LogP contribution in [0.5, 0.6) is 5.75 Å². The summed E-state index contributed by atoms with van der Waals surface area (Å²) in [5.74, 6) is -0.784. The molecule has 0 aliphatic rings. The monoisotopic (exact) mass is 422 g/mol. The van der Waals surface area contributed by atoms with Crippen molar-refractivity contribution in [1.29, 1.82) is 5.26 Å². The molecule has 0 saturated heterocycles. The first-order valence-corrected chi connectivity index (χ1v) is 9.20. The Balaban J connectivity index is 2.22. The van der Waals surface area contributed by atoms with E-state index in [9.17, 15) is 26.9 Å². The highest BCUT2D eigenvalue weighted by atomic mass is 32.2. The van der Waals surface area contributed by atoms with Gasteiger partial charge in [-0.1, -0.05) is 0 Å². The number of nitriles is 1. The van der Waals surface area contributed by atoms with Crippen LogP contribution in [0.15, 0.2) is 42.5 Å². The minimum Gasteiger partial charge on any atom is -0.494 e. The normalized spacial score (nSPS) is 10.9. The van der Waals surface area contributed by atoms with Crippen molar-refractivity contribution in [1.82, 2.24) is 9.78 Å². The van der Waals surface area contributed by atoms with Crippen molar-refractivity contribution in [2.75, 3.05) is 11.8 Å². The van der Waals surface area contributed by atoms with Gasteiger partial charge >= 0.3 is 0 Å². The summed E-state index contributed by atoms with van der Waals surface area (Å²) in [6.45, 7) is 0. The van der Waals surface area contributed by atoms with E-state index in [4.69, 9.17) is 4.74 Å². The summed E-state index contributed by atoms with van der Waals surface area (Å²) in [6, 6.07) is 11.1. The van der Waals surface area contributed by atoms with Crippen molar-refractivity contribution < 1.29 is 26.3 Å². The molecule has 0 aliphatic carbocycles. The molecule has 2 aromatic carbocycles. The topological polar surface area (TPSA) is 97.0 Å². The van der Waals surface area contributed by atoms with E-state index in [1.54, 1.807) is 6.07 Å². The number of nitrogens with one attached hydrogen (secondary N) is 1. The molecule has 0 unspecified atom stereocenters. The van der Waals surface area contributed by atoms with Gasteiger partial charge in [0.15, 0.2) is 11.6 Å². The standard InChI is InChI=1S/C18H13F3N4O3S/c1-28-15-7-2-10(8-14(15)19)17-13(9-22)16(18(20)21)23-25(17)12-5-3-11(4-6-12)24-29(26)27/h2-8,18,29H,1H3,(H,24,26,27). The van der Waals surface area contributed by atoms with Gasteiger partial charge in [0.2, 0.25) is 10.9 Å². The lowest BCUT2D eigenvalue weighted by Gasteiger charge is -2.10. The summed E-state index contributed by atoms with van der Waals surface area (Å²) in [5, 5.41) is 13.3. The molecule has 0 spiro atoms. The van der Waals surface area contributed by atoms with Crippen LogP contribution in [0.1, 0.15) is 17.7 Å². The van der Waals surface area contributed by atoms with Crippen LogP contribution in [-0.4, -0.2) is 25.3 Å². The van der Waals surface area contributed by atoms with Gasteiger partial charge in [-0.3, -0.25) is 4.72 Å². The molecule has 0 radical (unpaired) electrons. The molecule has 0 atom stereocenters. The highest BCUT2D eigenvalue weighted by Crippen LogP contribution is 2.35. The van der Waals surface area contributed by atoms with Crippen LogP contribution < -0.4 is 9.46 Å². The number of rotatable bonds is 6. The Bertz CT molecular complexity index is 1160. The number of hydrogen-bond acceptors (Lipinski definition) is 5. The first-order chi connectivity index (χ1) is 13.8. The minimum atomic E-state index is -3.03. The predicted molar refractivity (Wildman–Crippen MR) is 99.1 cm³/mol. The number of anilines is 1. The Kier molecular flexibility index (Phi) is 5.74. The van der Waals surface area contributed by atoms with E-state index in [1.165, 1.54) is 43.5 Å². The molecule has 1 N–H and O–H groups in total. The number of ether oxygens (including phenoxy) is 1. The van der Waals surface area contributed by atoms with Crippen molar-refractivity contribution >= 4 is 16.6 Å². The molecule has 1 heterocycles. The lowest BCUT2D eigenvalue weighted by molar-refractivity contribution is 0.145. The molecule has 3 aromatic rings. The van der Waals surface area contributed by atoms with Crippen LogP contribution in [0, 0.1) is 17.1 Å². The average Bonchev–Trinajstić information content (AvgIpc) is 3.08. The van der Waals surface area contributed by atoms with Gasteiger partial charge in [0, 0.05) is 11.3 Å². The molecule has 0 fully saturated rings. The fraction of sp³-hybridized carbons (Fsp3) is 0.111. The maximum absolute atomic E-state index is 14.2. The van der Waals surface area contributed by atoms with Crippen LogP contribution in [0.25, 0.3) is 16.9 Å². The lowest BCUT2D eigenvalue weighted by atomic mass is 10.1. The van der Waals surface area contributed by atoms with E-state index < -0.39 is 34.4 Å². The van der Waals surface area contributed by atoms with Crippen molar-refractivity contribution in [3.8, 4) is 28.8 Å². The number of hydrogen-bond donors (Lipinski definition) is 2. The van der Waals surface area contributed by atoms with E-state index in [1.807, 2.05) is 0 Å². The predicted octanol–water partition coefficient (Wildman–Crippen LogP) is 3.43. The van der Waals surface area contributed by atoms with Gasteiger partial charge in [0.25, 0.3) is 6.43 Å². The fourth-order valence-corrected chi connectivity index (χ4v) is 3.11. The van der Waals surface area contributed by atoms with E-state index in [-0.39, 0.29) is 28.4 Å². The Labute approximate surface area is 165 Å². The van der Waals surface area contributed by atoms with E-state index in [2.05, 4.69) is 9.82 Å². The van der Waals surface area contributed by atoms with Crippen molar-refractivity contribution in [3.05, 3.63) is 59.5 Å². The molecule has 11 heteroatoms. The molecule has 3 rings (SSSR count). The molecule has 150 valence electrons. The Hall–Kier alpha value is -3.52. The molecular formula is C18H13F3N4O3S. The fourth-order valence-electron chi connectivity index (χ4n) is 2.75. The molecule has 1 aromatic heterocycles. The molecule has 0 bridgehead atoms. The summed E-state index contributed by atoms with van der Waals surface area (Å²) >= 11 is 0. The average molecular weight is 422 g/mol. The second kappa shape index (κ2) is 8.24. The maximum atomic E-state index is 14.2. The number of halogens is 3. The number of aromatic nitrogens is 2. The Morgan fingerprint density at radius 2 is 1.90 bits per heavy atom. The van der Waals surface area contributed by atoms with Gasteiger partial charge < -0.3 is 4.74 Å². The van der Waals surface area contributed by atoms with Gasteiger partial charge in [-0.15, -0.1) is 0 Å². The van der Waals surface area contributed by atoms with Gasteiger partial charge in [0.1, 0.15) is 17.3 Å². The third-order valence-corrected chi connectivity index (χ3v) is 4.43. The molecule has 7 nitrogen and oxygen atoms in total. The smallest absolute Gasteiger partial charge is 0.283 e. The maximum Gasteiger partial charge on any atom is 0.283 e. The quantitative estimate of drug-likeness (QED) is 0.594. The van der Waals surface area contributed by atoms with Gasteiger partial charge in [-0.05, 0) is 42.5 Å². The van der Waals surface area contributed by atoms with E-state index in [0.717, 1.165) is 10.7 Å². The number of thiol groups is 1. The summed E-state index contributed by atoms with van der Waals surface area (Å²) in [5.41, 5.74) is -0.503. The van der Waals surface area contributed by atoms with Crippen LogP contribution in [0.2, 0.25) is 0 Å². The molecule has 0 aliphatic heterocycles. The van der Waals surface area contributed by atoms with Gasteiger partial charge in [-0.2, -0.15) is 10.4 Å². The van der Waals surface area contributed by atoms with Crippen LogP contribution >= 0.6 is 0 Å². The highest BCUT2D eigenvalue weighted by Gasteiger charge is 2.26. The van der Waals surface area contributed by atoms with E-state index in [0.29, 0.717) is 0 Å². The second-order valence-electron chi connectivity index (χ2n) is 5.70. The molecule has 29 heavy (non-hydrogen) atoms. The molecule has 0 saturated carbocycles. The van der Waals surface area contributed by atoms with Gasteiger partial charge in [-0.25, -0.2) is 26.3 Å². The summed E-state index contributed by atoms with van der Waals surface area (Å²) in [4.78, 5) is 0.